The number of aromatic nitrogens is 2. The highest BCUT2D eigenvalue weighted by Gasteiger charge is 2.19. The van der Waals surface area contributed by atoms with E-state index >= 15 is 0 Å². The van der Waals surface area contributed by atoms with Crippen LogP contribution >= 0.6 is 11.3 Å². The lowest BCUT2D eigenvalue weighted by molar-refractivity contribution is 0.311. The highest BCUT2D eigenvalue weighted by molar-refractivity contribution is 7.89. The van der Waals surface area contributed by atoms with E-state index in [1.165, 1.54) is 11.3 Å². The van der Waals surface area contributed by atoms with Gasteiger partial charge in [-0.2, -0.15) is 0 Å². The number of rotatable bonds is 8. The lowest BCUT2D eigenvalue weighted by atomic mass is 10.2. The van der Waals surface area contributed by atoms with Gasteiger partial charge in [0.1, 0.15) is 10.8 Å². The second-order valence-electron chi connectivity index (χ2n) is 5.91. The molecule has 27 heavy (non-hydrogen) atoms. The zero-order valence-corrected chi connectivity index (χ0v) is 16.9. The minimum absolute atomic E-state index is 0.155. The molecule has 3 rings (SSSR count). The first-order chi connectivity index (χ1) is 12.9. The minimum atomic E-state index is -3.40. The molecule has 0 radical (unpaired) electrons. The van der Waals surface area contributed by atoms with Crippen molar-refractivity contribution in [3.63, 3.8) is 0 Å². The second kappa shape index (κ2) is 8.10. The van der Waals surface area contributed by atoms with Crippen molar-refractivity contribution in [3.05, 3.63) is 46.8 Å². The molecule has 144 valence electrons. The standard InChI is InChI=1S/C18H20N2O5S2/c1-4-24-16-6-5-13(8-17(16)23-3)18-19-14(9-26-18)10-27(21,22)11-15-7-12(2)20-25-15/h5-9H,4,10-11H2,1-3H3. The molecule has 0 spiro atoms. The van der Waals surface area contributed by atoms with Crippen molar-refractivity contribution >= 4 is 21.2 Å². The number of hydrogen-bond acceptors (Lipinski definition) is 8. The zero-order chi connectivity index (χ0) is 19.4. The number of sulfone groups is 1. The highest BCUT2D eigenvalue weighted by Crippen LogP contribution is 2.34. The van der Waals surface area contributed by atoms with Crippen molar-refractivity contribution in [2.45, 2.75) is 25.4 Å². The molecule has 0 atom stereocenters. The van der Waals surface area contributed by atoms with Crippen LogP contribution in [0.25, 0.3) is 10.6 Å². The third-order valence-corrected chi connectivity index (χ3v) is 6.07. The van der Waals surface area contributed by atoms with Gasteiger partial charge in [-0.25, -0.2) is 13.4 Å². The third-order valence-electron chi connectivity index (χ3n) is 3.67. The summed E-state index contributed by atoms with van der Waals surface area (Å²) in [6.45, 7) is 4.19. The van der Waals surface area contributed by atoms with Crippen molar-refractivity contribution in [1.82, 2.24) is 10.1 Å². The van der Waals surface area contributed by atoms with E-state index in [0.29, 0.717) is 35.3 Å². The molecule has 0 amide bonds. The predicted octanol–water partition coefficient (Wildman–Crippen LogP) is 3.63. The van der Waals surface area contributed by atoms with Crippen LogP contribution in [0.15, 0.2) is 34.2 Å². The number of hydrogen-bond donors (Lipinski definition) is 0. The fraction of sp³-hybridized carbons (Fsp3) is 0.333. The first kappa shape index (κ1) is 19.4. The minimum Gasteiger partial charge on any atom is -0.493 e. The van der Waals surface area contributed by atoms with Crippen molar-refractivity contribution < 1.29 is 22.4 Å². The number of ether oxygens (including phenoxy) is 2. The number of benzene rings is 1. The average molecular weight is 409 g/mol. The summed E-state index contributed by atoms with van der Waals surface area (Å²) in [6, 6.07) is 7.15. The van der Waals surface area contributed by atoms with E-state index in [1.807, 2.05) is 25.1 Å². The number of nitrogens with zero attached hydrogens (tertiary/aromatic N) is 2. The molecular formula is C18H20N2O5S2. The van der Waals surface area contributed by atoms with Gasteiger partial charge in [-0.1, -0.05) is 5.16 Å². The van der Waals surface area contributed by atoms with Crippen LogP contribution in [-0.4, -0.2) is 32.3 Å². The van der Waals surface area contributed by atoms with E-state index in [-0.39, 0.29) is 11.5 Å². The Morgan fingerprint density at radius 2 is 2.00 bits per heavy atom. The van der Waals surface area contributed by atoms with Gasteiger partial charge in [0.15, 0.2) is 27.1 Å². The summed E-state index contributed by atoms with van der Waals surface area (Å²) in [5.74, 6) is 1.25. The van der Waals surface area contributed by atoms with Crippen molar-refractivity contribution in [2.75, 3.05) is 13.7 Å². The molecule has 9 heteroatoms. The van der Waals surface area contributed by atoms with Gasteiger partial charge in [-0.15, -0.1) is 11.3 Å². The van der Waals surface area contributed by atoms with Crippen LogP contribution in [0.1, 0.15) is 24.1 Å². The van der Waals surface area contributed by atoms with Crippen molar-refractivity contribution in [1.29, 1.82) is 0 Å². The fourth-order valence-electron chi connectivity index (χ4n) is 2.56. The molecule has 0 N–H and O–H groups in total. The largest absolute Gasteiger partial charge is 0.493 e. The van der Waals surface area contributed by atoms with Gasteiger partial charge in [-0.05, 0) is 32.0 Å². The lowest BCUT2D eigenvalue weighted by Crippen LogP contribution is -2.07. The molecule has 0 aliphatic heterocycles. The summed E-state index contributed by atoms with van der Waals surface area (Å²) in [5.41, 5.74) is 1.99. The summed E-state index contributed by atoms with van der Waals surface area (Å²) >= 11 is 1.38. The van der Waals surface area contributed by atoms with Gasteiger partial charge < -0.3 is 14.0 Å². The van der Waals surface area contributed by atoms with E-state index in [9.17, 15) is 8.42 Å². The first-order valence-electron chi connectivity index (χ1n) is 8.28. The number of methoxy groups -OCH3 is 1. The van der Waals surface area contributed by atoms with E-state index in [0.717, 1.165) is 10.6 Å². The summed E-state index contributed by atoms with van der Waals surface area (Å²) in [5, 5.41) is 6.18. The van der Waals surface area contributed by atoms with Crippen LogP contribution in [0, 0.1) is 6.92 Å². The monoisotopic (exact) mass is 408 g/mol. The normalized spacial score (nSPS) is 11.5. The smallest absolute Gasteiger partial charge is 0.163 e. The Hall–Kier alpha value is -2.39. The Kier molecular flexibility index (Phi) is 5.81. The predicted molar refractivity (Wildman–Crippen MR) is 103 cm³/mol. The van der Waals surface area contributed by atoms with E-state index in [4.69, 9.17) is 14.0 Å². The molecule has 0 aliphatic rings. The van der Waals surface area contributed by atoms with E-state index in [1.54, 1.807) is 25.5 Å². The maximum atomic E-state index is 12.4. The molecule has 0 saturated carbocycles. The van der Waals surface area contributed by atoms with E-state index in [2.05, 4.69) is 10.1 Å². The van der Waals surface area contributed by atoms with Gasteiger partial charge in [0.2, 0.25) is 0 Å². The Labute approximate surface area is 161 Å². The van der Waals surface area contributed by atoms with Gasteiger partial charge in [-0.3, -0.25) is 0 Å². The Bertz CT molecular complexity index is 1020. The van der Waals surface area contributed by atoms with Gasteiger partial charge in [0, 0.05) is 17.0 Å². The summed E-state index contributed by atoms with van der Waals surface area (Å²) in [6.07, 6.45) is 0. The van der Waals surface area contributed by atoms with Crippen LogP contribution in [-0.2, 0) is 21.3 Å². The molecule has 2 aromatic heterocycles. The van der Waals surface area contributed by atoms with Crippen LogP contribution in [0.4, 0.5) is 0 Å². The molecular weight excluding hydrogens is 388 g/mol. The SMILES string of the molecule is CCOc1ccc(-c2nc(CS(=O)(=O)Cc3cc(C)no3)cs2)cc1OC. The van der Waals surface area contributed by atoms with Crippen LogP contribution < -0.4 is 9.47 Å². The summed E-state index contributed by atoms with van der Waals surface area (Å²) < 4.78 is 40.6. The number of aryl methyl sites for hydroxylation is 1. The summed E-state index contributed by atoms with van der Waals surface area (Å²) in [4.78, 5) is 4.46. The Balaban J connectivity index is 1.76. The van der Waals surface area contributed by atoms with Crippen LogP contribution in [0.3, 0.4) is 0 Å². The number of thiazole rings is 1. The Morgan fingerprint density at radius 3 is 2.67 bits per heavy atom. The molecule has 0 aliphatic carbocycles. The maximum Gasteiger partial charge on any atom is 0.163 e. The van der Waals surface area contributed by atoms with Gasteiger partial charge >= 0.3 is 0 Å². The van der Waals surface area contributed by atoms with Crippen LogP contribution in [0.2, 0.25) is 0 Å². The van der Waals surface area contributed by atoms with Crippen molar-refractivity contribution in [2.24, 2.45) is 0 Å². The van der Waals surface area contributed by atoms with Crippen LogP contribution in [0.5, 0.6) is 11.5 Å². The average Bonchev–Trinajstić information content (AvgIpc) is 3.23. The molecule has 0 fully saturated rings. The second-order valence-corrected chi connectivity index (χ2v) is 8.83. The molecule has 2 heterocycles. The summed E-state index contributed by atoms with van der Waals surface area (Å²) in [7, 11) is -1.83. The van der Waals surface area contributed by atoms with Crippen molar-refractivity contribution in [3.8, 4) is 22.1 Å². The van der Waals surface area contributed by atoms with Gasteiger partial charge in [0.25, 0.3) is 0 Å². The quantitative estimate of drug-likeness (QED) is 0.562. The maximum absolute atomic E-state index is 12.4. The molecule has 3 aromatic rings. The topological polar surface area (TPSA) is 91.5 Å². The first-order valence-corrected chi connectivity index (χ1v) is 11.0. The molecule has 0 saturated heterocycles. The lowest BCUT2D eigenvalue weighted by Gasteiger charge is -2.09. The zero-order valence-electron chi connectivity index (χ0n) is 15.3. The third kappa shape index (κ3) is 4.86. The highest BCUT2D eigenvalue weighted by atomic mass is 32.2. The molecule has 0 unspecified atom stereocenters. The van der Waals surface area contributed by atoms with E-state index < -0.39 is 9.84 Å². The molecule has 1 aromatic carbocycles. The molecule has 7 nitrogen and oxygen atoms in total. The Morgan fingerprint density at radius 1 is 1.19 bits per heavy atom. The molecule has 0 bridgehead atoms. The van der Waals surface area contributed by atoms with Gasteiger partial charge in [0.05, 0.1) is 30.9 Å². The fourth-order valence-corrected chi connectivity index (χ4v) is 4.75.